The van der Waals surface area contributed by atoms with E-state index >= 15 is 0 Å². The van der Waals surface area contributed by atoms with Crippen molar-refractivity contribution in [1.82, 2.24) is 25.2 Å². The molecule has 0 aliphatic heterocycles. The number of aryl methyl sites for hydroxylation is 1. The van der Waals surface area contributed by atoms with Gasteiger partial charge in [0.25, 0.3) is 11.9 Å². The number of hydrogen-bond donors (Lipinski definition) is 1. The van der Waals surface area contributed by atoms with E-state index in [1.807, 2.05) is 0 Å². The first kappa shape index (κ1) is 11.7. The summed E-state index contributed by atoms with van der Waals surface area (Å²) in [5, 5.41) is 13.8. The predicted molar refractivity (Wildman–Crippen MR) is 61.0 cm³/mol. The number of tetrazole rings is 1. The van der Waals surface area contributed by atoms with E-state index in [0.29, 0.717) is 0 Å². The molecular formula is C8H6Cl2N6O. The molecule has 0 saturated heterocycles. The lowest BCUT2D eigenvalue weighted by Crippen LogP contribution is -2.13. The summed E-state index contributed by atoms with van der Waals surface area (Å²) in [6, 6.07) is 1.41. The molecule has 0 bridgehead atoms. The average molecular weight is 273 g/mol. The van der Waals surface area contributed by atoms with Gasteiger partial charge >= 0.3 is 0 Å². The third-order valence-electron chi connectivity index (χ3n) is 1.79. The molecule has 7 nitrogen and oxygen atoms in total. The van der Waals surface area contributed by atoms with Crippen LogP contribution in [0.25, 0.3) is 0 Å². The molecule has 88 valence electrons. The summed E-state index contributed by atoms with van der Waals surface area (Å²) in [6.45, 7) is 0. The maximum absolute atomic E-state index is 11.7. The Balaban J connectivity index is 2.17. The molecule has 2 heterocycles. The number of halogens is 2. The molecule has 0 aliphatic carbocycles. The first-order chi connectivity index (χ1) is 8.06. The molecule has 0 radical (unpaired) electrons. The fourth-order valence-corrected chi connectivity index (χ4v) is 1.32. The van der Waals surface area contributed by atoms with Gasteiger partial charge < -0.3 is 0 Å². The quantitative estimate of drug-likeness (QED) is 0.830. The van der Waals surface area contributed by atoms with Gasteiger partial charge in [0.1, 0.15) is 5.15 Å². The summed E-state index contributed by atoms with van der Waals surface area (Å²) in [7, 11) is 1.59. The highest BCUT2D eigenvalue weighted by Crippen LogP contribution is 2.19. The number of nitrogens with one attached hydrogen (secondary N) is 1. The zero-order valence-electron chi connectivity index (χ0n) is 8.55. The zero-order chi connectivity index (χ0) is 12.4. The third-order valence-corrected chi connectivity index (χ3v) is 2.48. The van der Waals surface area contributed by atoms with E-state index in [4.69, 9.17) is 23.2 Å². The standard InChI is InChI=1S/C8H6Cl2N6O/c1-16-14-8(13-15-16)12-7(17)4-2-5(9)6(10)11-3-4/h2-3H,1H3,(H,12,14,17). The largest absolute Gasteiger partial charge is 0.288 e. The number of aromatic nitrogens is 5. The van der Waals surface area contributed by atoms with Gasteiger partial charge in [-0.05, 0) is 11.3 Å². The first-order valence-electron chi connectivity index (χ1n) is 4.42. The summed E-state index contributed by atoms with van der Waals surface area (Å²) < 4.78 is 0. The van der Waals surface area contributed by atoms with E-state index < -0.39 is 5.91 Å². The second-order valence-electron chi connectivity index (χ2n) is 3.05. The van der Waals surface area contributed by atoms with Gasteiger partial charge in [0.05, 0.1) is 17.6 Å². The van der Waals surface area contributed by atoms with Gasteiger partial charge in [-0.1, -0.05) is 28.3 Å². The SMILES string of the molecule is Cn1nnc(NC(=O)c2cnc(Cl)c(Cl)c2)n1. The van der Waals surface area contributed by atoms with Crippen LogP contribution in [-0.4, -0.2) is 31.1 Å². The van der Waals surface area contributed by atoms with Crippen LogP contribution < -0.4 is 5.32 Å². The molecule has 1 N–H and O–H groups in total. The van der Waals surface area contributed by atoms with E-state index in [1.165, 1.54) is 17.1 Å². The van der Waals surface area contributed by atoms with Crippen molar-refractivity contribution < 1.29 is 4.79 Å². The molecular weight excluding hydrogens is 267 g/mol. The van der Waals surface area contributed by atoms with Crippen LogP contribution >= 0.6 is 23.2 Å². The van der Waals surface area contributed by atoms with E-state index in [-0.39, 0.29) is 21.7 Å². The topological polar surface area (TPSA) is 85.6 Å². The van der Waals surface area contributed by atoms with Gasteiger partial charge in [-0.15, -0.1) is 5.10 Å². The summed E-state index contributed by atoms with van der Waals surface area (Å²) in [5.41, 5.74) is 0.256. The van der Waals surface area contributed by atoms with Crippen molar-refractivity contribution in [2.75, 3.05) is 5.32 Å². The Bertz CT molecular complexity index is 569. The van der Waals surface area contributed by atoms with Crippen molar-refractivity contribution >= 4 is 35.1 Å². The van der Waals surface area contributed by atoms with Crippen LogP contribution in [0.5, 0.6) is 0 Å². The fraction of sp³-hybridized carbons (Fsp3) is 0.125. The molecule has 2 aromatic rings. The second-order valence-corrected chi connectivity index (χ2v) is 3.82. The molecule has 0 atom stereocenters. The van der Waals surface area contributed by atoms with Crippen LogP contribution in [0, 0.1) is 0 Å². The number of amides is 1. The smallest absolute Gasteiger partial charge is 0.270 e. The van der Waals surface area contributed by atoms with Crippen LogP contribution in [0.3, 0.4) is 0 Å². The van der Waals surface area contributed by atoms with E-state index in [2.05, 4.69) is 25.7 Å². The Labute approximate surface area is 106 Å². The summed E-state index contributed by atoms with van der Waals surface area (Å²) >= 11 is 11.4. The van der Waals surface area contributed by atoms with Crippen LogP contribution in [0.2, 0.25) is 10.2 Å². The monoisotopic (exact) mass is 272 g/mol. The maximum Gasteiger partial charge on any atom is 0.270 e. The molecule has 17 heavy (non-hydrogen) atoms. The highest BCUT2D eigenvalue weighted by molar-refractivity contribution is 6.41. The van der Waals surface area contributed by atoms with Gasteiger partial charge in [0.15, 0.2) is 0 Å². The number of pyridine rings is 1. The minimum absolute atomic E-state index is 0.101. The van der Waals surface area contributed by atoms with Gasteiger partial charge in [-0.25, -0.2) is 4.98 Å². The van der Waals surface area contributed by atoms with Gasteiger partial charge in [-0.3, -0.25) is 10.1 Å². The molecule has 0 fully saturated rings. The Morgan fingerprint density at radius 3 is 2.82 bits per heavy atom. The van der Waals surface area contributed by atoms with Gasteiger partial charge in [0, 0.05) is 6.20 Å². The third kappa shape index (κ3) is 2.69. The summed E-state index contributed by atoms with van der Waals surface area (Å²) in [6.07, 6.45) is 1.31. The summed E-state index contributed by atoms with van der Waals surface area (Å²) in [4.78, 5) is 16.7. The van der Waals surface area contributed by atoms with Crippen molar-refractivity contribution in [2.24, 2.45) is 7.05 Å². The van der Waals surface area contributed by atoms with E-state index in [0.717, 1.165) is 0 Å². The van der Waals surface area contributed by atoms with Crippen molar-refractivity contribution in [2.45, 2.75) is 0 Å². The molecule has 2 aromatic heterocycles. The van der Waals surface area contributed by atoms with Gasteiger partial charge in [-0.2, -0.15) is 4.80 Å². The Morgan fingerprint density at radius 2 is 2.24 bits per heavy atom. The van der Waals surface area contributed by atoms with Crippen LogP contribution in [-0.2, 0) is 7.05 Å². The minimum atomic E-state index is -0.441. The first-order valence-corrected chi connectivity index (χ1v) is 5.18. The van der Waals surface area contributed by atoms with Crippen LogP contribution in [0.4, 0.5) is 5.95 Å². The van der Waals surface area contributed by atoms with Crippen molar-refractivity contribution in [3.63, 3.8) is 0 Å². The zero-order valence-corrected chi connectivity index (χ0v) is 10.1. The van der Waals surface area contributed by atoms with Crippen molar-refractivity contribution in [1.29, 1.82) is 0 Å². The number of rotatable bonds is 2. The molecule has 0 aromatic carbocycles. The number of hydrogen-bond acceptors (Lipinski definition) is 5. The van der Waals surface area contributed by atoms with Gasteiger partial charge in [0.2, 0.25) is 0 Å². The average Bonchev–Trinajstić information content (AvgIpc) is 2.68. The maximum atomic E-state index is 11.7. The number of carbonyl (C=O) groups excluding carboxylic acids is 1. The lowest BCUT2D eigenvalue weighted by atomic mass is 10.3. The molecule has 2 rings (SSSR count). The summed E-state index contributed by atoms with van der Waals surface area (Å²) in [5.74, 6) is -0.340. The molecule has 0 unspecified atom stereocenters. The highest BCUT2D eigenvalue weighted by atomic mass is 35.5. The highest BCUT2D eigenvalue weighted by Gasteiger charge is 2.11. The number of anilines is 1. The molecule has 0 saturated carbocycles. The molecule has 1 amide bonds. The fourth-order valence-electron chi connectivity index (χ4n) is 1.05. The predicted octanol–water partition coefficient (Wildman–Crippen LogP) is 1.16. The molecule has 9 heteroatoms. The lowest BCUT2D eigenvalue weighted by Gasteiger charge is -2.01. The Morgan fingerprint density at radius 1 is 1.47 bits per heavy atom. The number of carbonyl (C=O) groups is 1. The second kappa shape index (κ2) is 4.64. The van der Waals surface area contributed by atoms with Crippen molar-refractivity contribution in [3.05, 3.63) is 28.0 Å². The molecule has 0 spiro atoms. The molecule has 0 aliphatic rings. The lowest BCUT2D eigenvalue weighted by molar-refractivity contribution is 0.102. The number of nitrogens with zero attached hydrogens (tertiary/aromatic N) is 5. The van der Waals surface area contributed by atoms with E-state index in [9.17, 15) is 4.79 Å². The Hall–Kier alpha value is -1.73. The van der Waals surface area contributed by atoms with Crippen molar-refractivity contribution in [3.8, 4) is 0 Å². The van der Waals surface area contributed by atoms with E-state index in [1.54, 1.807) is 7.05 Å². The van der Waals surface area contributed by atoms with Crippen LogP contribution in [0.15, 0.2) is 12.3 Å². The minimum Gasteiger partial charge on any atom is -0.288 e. The normalized spacial score (nSPS) is 10.3. The van der Waals surface area contributed by atoms with Crippen LogP contribution in [0.1, 0.15) is 10.4 Å². The Kier molecular flexibility index (Phi) is 3.21.